The molecule has 0 unspecified atom stereocenters. The summed E-state index contributed by atoms with van der Waals surface area (Å²) in [6, 6.07) is 14.3. The van der Waals surface area contributed by atoms with Crippen LogP contribution in [0.2, 0.25) is 0 Å². The highest BCUT2D eigenvalue weighted by molar-refractivity contribution is 7.92. The number of aryl methyl sites for hydroxylation is 1. The van der Waals surface area contributed by atoms with E-state index in [1.54, 1.807) is 42.2 Å². The zero-order valence-electron chi connectivity index (χ0n) is 15.6. The van der Waals surface area contributed by atoms with Gasteiger partial charge < -0.3 is 5.32 Å². The molecule has 0 spiro atoms. The van der Waals surface area contributed by atoms with Crippen LogP contribution in [-0.2, 0) is 21.4 Å². The Morgan fingerprint density at radius 1 is 1.18 bits per heavy atom. The van der Waals surface area contributed by atoms with Crippen LogP contribution in [0.4, 0.5) is 11.4 Å². The molecular formula is C19H21N5O3S. The molecule has 0 radical (unpaired) electrons. The predicted molar refractivity (Wildman–Crippen MR) is 108 cm³/mol. The summed E-state index contributed by atoms with van der Waals surface area (Å²) in [5, 5.41) is 6.82. The lowest BCUT2D eigenvalue weighted by molar-refractivity contribution is -0.114. The van der Waals surface area contributed by atoms with Crippen molar-refractivity contribution in [2.75, 3.05) is 22.4 Å². The van der Waals surface area contributed by atoms with Crippen LogP contribution in [0.1, 0.15) is 11.1 Å². The number of rotatable bonds is 7. The molecule has 0 fully saturated rings. The quantitative estimate of drug-likeness (QED) is 0.656. The highest BCUT2D eigenvalue weighted by atomic mass is 32.2. The molecule has 0 bridgehead atoms. The number of nitrogens with zero attached hydrogens (tertiary/aromatic N) is 4. The highest BCUT2D eigenvalue weighted by Crippen LogP contribution is 2.22. The van der Waals surface area contributed by atoms with Gasteiger partial charge in [-0.1, -0.05) is 30.3 Å². The first-order chi connectivity index (χ1) is 13.3. The van der Waals surface area contributed by atoms with Crippen LogP contribution in [0.15, 0.2) is 61.2 Å². The minimum absolute atomic E-state index is 0.309. The zero-order valence-corrected chi connectivity index (χ0v) is 16.4. The molecule has 0 atom stereocenters. The van der Waals surface area contributed by atoms with Crippen molar-refractivity contribution in [2.45, 2.75) is 13.5 Å². The summed E-state index contributed by atoms with van der Waals surface area (Å²) in [4.78, 5) is 16.4. The Balaban J connectivity index is 1.74. The highest BCUT2D eigenvalue weighted by Gasteiger charge is 2.22. The summed E-state index contributed by atoms with van der Waals surface area (Å²) < 4.78 is 27.2. The maximum absolute atomic E-state index is 12.5. The second kappa shape index (κ2) is 8.22. The van der Waals surface area contributed by atoms with Crippen LogP contribution in [0.25, 0.3) is 0 Å². The molecule has 1 amide bonds. The molecule has 8 nitrogen and oxygen atoms in total. The molecule has 1 heterocycles. The number of nitrogens with one attached hydrogen (secondary N) is 1. The lowest BCUT2D eigenvalue weighted by Crippen LogP contribution is -2.37. The van der Waals surface area contributed by atoms with Crippen LogP contribution >= 0.6 is 0 Å². The van der Waals surface area contributed by atoms with Crippen molar-refractivity contribution in [3.63, 3.8) is 0 Å². The number of amides is 1. The van der Waals surface area contributed by atoms with E-state index in [1.165, 1.54) is 6.33 Å². The second-order valence-electron chi connectivity index (χ2n) is 6.40. The third-order valence-corrected chi connectivity index (χ3v) is 5.22. The first-order valence-corrected chi connectivity index (χ1v) is 10.4. The maximum atomic E-state index is 12.5. The van der Waals surface area contributed by atoms with E-state index in [9.17, 15) is 13.2 Å². The van der Waals surface area contributed by atoms with E-state index in [-0.39, 0.29) is 6.54 Å². The topological polar surface area (TPSA) is 97.2 Å². The lowest BCUT2D eigenvalue weighted by Gasteiger charge is -2.23. The summed E-state index contributed by atoms with van der Waals surface area (Å²) in [7, 11) is -3.62. The molecule has 0 aliphatic heterocycles. The van der Waals surface area contributed by atoms with Gasteiger partial charge in [0.05, 0.1) is 18.5 Å². The summed E-state index contributed by atoms with van der Waals surface area (Å²) in [5.41, 5.74) is 2.78. The minimum atomic E-state index is -3.62. The molecule has 2 aromatic carbocycles. The SMILES string of the molecule is Cc1ccccc1N(CC(=O)Nc1cccc(Cn2cncn2)c1)S(C)(=O)=O. The van der Waals surface area contributed by atoms with Crippen molar-refractivity contribution in [1.82, 2.24) is 14.8 Å². The fourth-order valence-corrected chi connectivity index (χ4v) is 3.72. The van der Waals surface area contributed by atoms with Gasteiger partial charge in [-0.05, 0) is 36.2 Å². The van der Waals surface area contributed by atoms with E-state index < -0.39 is 15.9 Å². The number of benzene rings is 2. The fraction of sp³-hybridized carbons (Fsp3) is 0.211. The van der Waals surface area contributed by atoms with Gasteiger partial charge in [0.25, 0.3) is 0 Å². The van der Waals surface area contributed by atoms with Crippen molar-refractivity contribution in [1.29, 1.82) is 0 Å². The van der Waals surface area contributed by atoms with Gasteiger partial charge in [-0.25, -0.2) is 18.1 Å². The Morgan fingerprint density at radius 2 is 1.96 bits per heavy atom. The van der Waals surface area contributed by atoms with Crippen LogP contribution in [0, 0.1) is 6.92 Å². The number of hydrogen-bond acceptors (Lipinski definition) is 5. The average Bonchev–Trinajstić information content (AvgIpc) is 3.13. The summed E-state index contributed by atoms with van der Waals surface area (Å²) in [6.07, 6.45) is 4.15. The largest absolute Gasteiger partial charge is 0.325 e. The minimum Gasteiger partial charge on any atom is -0.325 e. The lowest BCUT2D eigenvalue weighted by atomic mass is 10.2. The molecule has 146 valence electrons. The Bertz CT molecular complexity index is 1060. The van der Waals surface area contributed by atoms with Crippen molar-refractivity contribution < 1.29 is 13.2 Å². The van der Waals surface area contributed by atoms with Gasteiger partial charge in [0, 0.05) is 5.69 Å². The molecule has 0 aliphatic carbocycles. The van der Waals surface area contributed by atoms with Gasteiger partial charge in [0.1, 0.15) is 19.2 Å². The second-order valence-corrected chi connectivity index (χ2v) is 8.30. The van der Waals surface area contributed by atoms with Crippen molar-refractivity contribution in [2.24, 2.45) is 0 Å². The van der Waals surface area contributed by atoms with Crippen LogP contribution in [-0.4, -0.2) is 41.9 Å². The summed E-state index contributed by atoms with van der Waals surface area (Å²) in [6.45, 7) is 2.01. The van der Waals surface area contributed by atoms with E-state index in [0.717, 1.165) is 21.7 Å². The monoisotopic (exact) mass is 399 g/mol. The number of para-hydroxylation sites is 1. The van der Waals surface area contributed by atoms with Gasteiger partial charge in [-0.2, -0.15) is 5.10 Å². The van der Waals surface area contributed by atoms with Gasteiger partial charge in [-0.3, -0.25) is 9.10 Å². The smallest absolute Gasteiger partial charge is 0.245 e. The molecule has 1 aromatic heterocycles. The number of sulfonamides is 1. The molecule has 3 rings (SSSR count). The zero-order chi connectivity index (χ0) is 20.1. The van der Waals surface area contributed by atoms with Gasteiger partial charge >= 0.3 is 0 Å². The number of anilines is 2. The molecule has 3 aromatic rings. The number of carbonyl (C=O) groups is 1. The molecular weight excluding hydrogens is 378 g/mol. The Kier molecular flexibility index (Phi) is 5.74. The maximum Gasteiger partial charge on any atom is 0.245 e. The summed E-state index contributed by atoms with van der Waals surface area (Å²) in [5.74, 6) is -0.424. The summed E-state index contributed by atoms with van der Waals surface area (Å²) >= 11 is 0. The van der Waals surface area contributed by atoms with Crippen LogP contribution in [0.3, 0.4) is 0 Å². The van der Waals surface area contributed by atoms with Crippen LogP contribution < -0.4 is 9.62 Å². The number of carbonyl (C=O) groups excluding carboxylic acids is 1. The Hall–Kier alpha value is -3.20. The van der Waals surface area contributed by atoms with Crippen molar-refractivity contribution in [3.05, 3.63) is 72.3 Å². The number of hydrogen-bond donors (Lipinski definition) is 1. The van der Waals surface area contributed by atoms with Crippen LogP contribution in [0.5, 0.6) is 0 Å². The van der Waals surface area contributed by atoms with Gasteiger partial charge in [0.15, 0.2) is 0 Å². The first kappa shape index (κ1) is 19.6. The molecule has 0 saturated heterocycles. The first-order valence-electron chi connectivity index (χ1n) is 8.57. The van der Waals surface area contributed by atoms with Gasteiger partial charge in [-0.15, -0.1) is 0 Å². The predicted octanol–water partition coefficient (Wildman–Crippen LogP) is 2.04. The molecule has 0 aliphatic rings. The van der Waals surface area contributed by atoms with E-state index in [1.807, 2.05) is 24.3 Å². The third-order valence-electron chi connectivity index (χ3n) is 4.09. The Morgan fingerprint density at radius 3 is 2.64 bits per heavy atom. The Labute approximate surface area is 163 Å². The van der Waals surface area contributed by atoms with E-state index in [0.29, 0.717) is 17.9 Å². The number of aromatic nitrogens is 3. The standard InChI is InChI=1S/C19H21N5O3S/c1-15-6-3-4-9-18(15)24(28(2,26)27)12-19(25)22-17-8-5-7-16(10-17)11-23-14-20-13-21-23/h3-10,13-14H,11-12H2,1-2H3,(H,22,25). The van der Waals surface area contributed by atoms with E-state index >= 15 is 0 Å². The fourth-order valence-electron chi connectivity index (χ4n) is 2.80. The third kappa shape index (κ3) is 4.95. The molecule has 9 heteroatoms. The normalized spacial score (nSPS) is 11.2. The average molecular weight is 399 g/mol. The van der Waals surface area contributed by atoms with E-state index in [2.05, 4.69) is 15.4 Å². The molecule has 28 heavy (non-hydrogen) atoms. The van der Waals surface area contributed by atoms with Crippen molar-refractivity contribution >= 4 is 27.3 Å². The van der Waals surface area contributed by atoms with Gasteiger partial charge in [0.2, 0.25) is 15.9 Å². The van der Waals surface area contributed by atoms with Crippen molar-refractivity contribution in [3.8, 4) is 0 Å². The molecule has 0 saturated carbocycles. The molecule has 1 N–H and O–H groups in total. The van der Waals surface area contributed by atoms with E-state index in [4.69, 9.17) is 0 Å².